The van der Waals surface area contributed by atoms with Crippen LogP contribution >= 0.6 is 11.8 Å². The molecule has 0 atom stereocenters. The summed E-state index contributed by atoms with van der Waals surface area (Å²) in [6, 6.07) is 7.46. The van der Waals surface area contributed by atoms with Crippen molar-refractivity contribution >= 4 is 28.4 Å². The van der Waals surface area contributed by atoms with Gasteiger partial charge in [0.15, 0.2) is 11.0 Å². The molecule has 0 bridgehead atoms. The van der Waals surface area contributed by atoms with Crippen LogP contribution in [0.5, 0.6) is 0 Å². The highest BCUT2D eigenvalue weighted by molar-refractivity contribution is 7.98. The van der Waals surface area contributed by atoms with Crippen molar-refractivity contribution in [2.75, 3.05) is 0 Å². The molecule has 0 N–H and O–H groups in total. The van der Waals surface area contributed by atoms with Crippen molar-refractivity contribution in [3.05, 3.63) is 53.1 Å². The van der Waals surface area contributed by atoms with Crippen molar-refractivity contribution in [1.29, 1.82) is 0 Å². The van der Waals surface area contributed by atoms with Crippen molar-refractivity contribution in [2.45, 2.75) is 37.3 Å². The fourth-order valence-electron chi connectivity index (χ4n) is 2.96. The fourth-order valence-corrected chi connectivity index (χ4v) is 3.83. The van der Waals surface area contributed by atoms with Gasteiger partial charge in [-0.15, -0.1) is 21.9 Å². The molecule has 0 unspecified atom stereocenters. The van der Waals surface area contributed by atoms with E-state index in [1.807, 2.05) is 28.7 Å². The Bertz CT molecular complexity index is 1170. The molecule has 9 nitrogen and oxygen atoms in total. The van der Waals surface area contributed by atoms with Gasteiger partial charge in [-0.2, -0.15) is 0 Å². The molecule has 0 saturated heterocycles. The third kappa shape index (κ3) is 3.01. The SMILES string of the molecule is C=CCn1c(=O)c2ccccc2n2c(SCc3nnnn3CCC)nnc12. The number of benzene rings is 1. The average molecular weight is 382 g/mol. The highest BCUT2D eigenvalue weighted by atomic mass is 32.2. The maximum atomic E-state index is 12.8. The molecule has 4 aromatic rings. The molecule has 0 aliphatic rings. The molecule has 3 aromatic heterocycles. The summed E-state index contributed by atoms with van der Waals surface area (Å²) in [5.41, 5.74) is 0.673. The number of nitrogens with zero attached hydrogens (tertiary/aromatic N) is 8. The second-order valence-electron chi connectivity index (χ2n) is 5.95. The first-order valence-corrected chi connectivity index (χ1v) is 9.58. The lowest BCUT2D eigenvalue weighted by Crippen LogP contribution is -2.22. The monoisotopic (exact) mass is 382 g/mol. The van der Waals surface area contributed by atoms with Crippen LogP contribution in [-0.2, 0) is 18.8 Å². The summed E-state index contributed by atoms with van der Waals surface area (Å²) >= 11 is 1.49. The molecular formula is C17H18N8OS. The maximum Gasteiger partial charge on any atom is 0.263 e. The smallest absolute Gasteiger partial charge is 0.263 e. The Morgan fingerprint density at radius 2 is 2.07 bits per heavy atom. The first kappa shape index (κ1) is 17.4. The van der Waals surface area contributed by atoms with Gasteiger partial charge < -0.3 is 0 Å². The summed E-state index contributed by atoms with van der Waals surface area (Å²) in [5.74, 6) is 1.83. The van der Waals surface area contributed by atoms with Crippen LogP contribution in [0.4, 0.5) is 0 Å². The molecule has 0 radical (unpaired) electrons. The summed E-state index contributed by atoms with van der Waals surface area (Å²) < 4.78 is 5.27. The van der Waals surface area contributed by atoms with Crippen molar-refractivity contribution in [3.63, 3.8) is 0 Å². The minimum Gasteiger partial charge on any atom is -0.272 e. The van der Waals surface area contributed by atoms with E-state index in [0.717, 1.165) is 24.3 Å². The van der Waals surface area contributed by atoms with Gasteiger partial charge in [0.1, 0.15) is 0 Å². The summed E-state index contributed by atoms with van der Waals surface area (Å²) in [4.78, 5) is 12.8. The van der Waals surface area contributed by atoms with Gasteiger partial charge in [-0.25, -0.2) is 4.68 Å². The molecule has 10 heteroatoms. The second kappa shape index (κ2) is 7.31. The van der Waals surface area contributed by atoms with Crippen molar-refractivity contribution in [2.24, 2.45) is 0 Å². The van der Waals surface area contributed by atoms with Crippen LogP contribution in [0.1, 0.15) is 19.2 Å². The van der Waals surface area contributed by atoms with E-state index in [9.17, 15) is 4.79 Å². The Morgan fingerprint density at radius 3 is 2.89 bits per heavy atom. The van der Waals surface area contributed by atoms with Gasteiger partial charge in [0, 0.05) is 13.1 Å². The minimum atomic E-state index is -0.103. The van der Waals surface area contributed by atoms with Crippen molar-refractivity contribution in [1.82, 2.24) is 39.4 Å². The van der Waals surface area contributed by atoms with Gasteiger partial charge in [0.25, 0.3) is 5.56 Å². The third-order valence-corrected chi connectivity index (χ3v) is 5.09. The summed E-state index contributed by atoms with van der Waals surface area (Å²) in [6.07, 6.45) is 2.63. The van der Waals surface area contributed by atoms with Crippen LogP contribution in [0.2, 0.25) is 0 Å². The Hall–Kier alpha value is -3.01. The minimum absolute atomic E-state index is 0.103. The maximum absolute atomic E-state index is 12.8. The molecule has 4 rings (SSSR count). The third-order valence-electron chi connectivity index (χ3n) is 4.16. The van der Waals surface area contributed by atoms with E-state index in [1.54, 1.807) is 15.3 Å². The van der Waals surface area contributed by atoms with Crippen LogP contribution < -0.4 is 5.56 Å². The van der Waals surface area contributed by atoms with Crippen LogP contribution in [-0.4, -0.2) is 39.4 Å². The van der Waals surface area contributed by atoms with Crippen LogP contribution in [0.15, 0.2) is 46.9 Å². The number of thioether (sulfide) groups is 1. The lowest BCUT2D eigenvalue weighted by molar-refractivity contribution is 0.564. The highest BCUT2D eigenvalue weighted by Crippen LogP contribution is 2.24. The number of tetrazole rings is 1. The highest BCUT2D eigenvalue weighted by Gasteiger charge is 2.17. The Morgan fingerprint density at radius 1 is 1.22 bits per heavy atom. The molecule has 138 valence electrons. The van der Waals surface area contributed by atoms with Gasteiger partial charge in [0.2, 0.25) is 5.78 Å². The number of hydrogen-bond acceptors (Lipinski definition) is 7. The van der Waals surface area contributed by atoms with Gasteiger partial charge in [0.05, 0.1) is 16.7 Å². The largest absolute Gasteiger partial charge is 0.272 e. The van der Waals surface area contributed by atoms with E-state index in [0.29, 0.717) is 28.6 Å². The van der Waals surface area contributed by atoms with Crippen molar-refractivity contribution in [3.8, 4) is 0 Å². The predicted octanol–water partition coefficient (Wildman–Crippen LogP) is 1.92. The van der Waals surface area contributed by atoms with E-state index in [1.165, 1.54) is 11.8 Å². The van der Waals surface area contributed by atoms with E-state index in [-0.39, 0.29) is 5.56 Å². The molecule has 0 amide bonds. The van der Waals surface area contributed by atoms with Crippen LogP contribution in [0.25, 0.3) is 16.7 Å². The number of allylic oxidation sites excluding steroid dienone is 1. The van der Waals surface area contributed by atoms with Gasteiger partial charge >= 0.3 is 0 Å². The zero-order valence-corrected chi connectivity index (χ0v) is 15.6. The zero-order valence-electron chi connectivity index (χ0n) is 14.8. The zero-order chi connectivity index (χ0) is 18.8. The standard InChI is InChI=1S/C17H18N8OS/c1-3-9-23-15(26)12-7-5-6-8-13(12)25-16(23)19-20-17(25)27-11-14-18-21-22-24(14)10-4-2/h3,5-8H,1,4,9-11H2,2H3. The molecule has 0 fully saturated rings. The first-order valence-electron chi connectivity index (χ1n) is 8.60. The summed E-state index contributed by atoms with van der Waals surface area (Å²) in [5, 5.41) is 21.7. The molecule has 3 heterocycles. The fraction of sp³-hybridized carbons (Fsp3) is 0.294. The topological polar surface area (TPSA) is 95.8 Å². The normalized spacial score (nSPS) is 11.4. The van der Waals surface area contributed by atoms with Crippen LogP contribution in [0, 0.1) is 0 Å². The van der Waals surface area contributed by atoms with Gasteiger partial charge in [-0.1, -0.05) is 36.9 Å². The number of fused-ring (bicyclic) bond motifs is 3. The van der Waals surface area contributed by atoms with E-state index < -0.39 is 0 Å². The number of para-hydroxylation sites is 1. The lowest BCUT2D eigenvalue weighted by atomic mass is 10.2. The Kier molecular flexibility index (Phi) is 4.71. The van der Waals surface area contributed by atoms with Gasteiger partial charge in [-0.05, 0) is 29.0 Å². The number of rotatable bonds is 7. The molecular weight excluding hydrogens is 364 g/mol. The van der Waals surface area contributed by atoms with E-state index in [2.05, 4.69) is 39.2 Å². The van der Waals surface area contributed by atoms with Gasteiger partial charge in [-0.3, -0.25) is 13.8 Å². The average Bonchev–Trinajstić information content (AvgIpc) is 3.30. The summed E-state index contributed by atoms with van der Waals surface area (Å²) in [7, 11) is 0. The van der Waals surface area contributed by atoms with Crippen molar-refractivity contribution < 1.29 is 0 Å². The Balaban J connectivity index is 1.81. The number of hydrogen-bond donors (Lipinski definition) is 0. The molecule has 1 aromatic carbocycles. The first-order chi connectivity index (χ1) is 13.2. The second-order valence-corrected chi connectivity index (χ2v) is 6.89. The lowest BCUT2D eigenvalue weighted by Gasteiger charge is -2.09. The number of aromatic nitrogens is 8. The molecule has 0 aliphatic carbocycles. The molecule has 0 aliphatic heterocycles. The molecule has 0 saturated carbocycles. The molecule has 27 heavy (non-hydrogen) atoms. The van der Waals surface area contributed by atoms with E-state index >= 15 is 0 Å². The molecule has 0 spiro atoms. The predicted molar refractivity (Wildman–Crippen MR) is 103 cm³/mol. The summed E-state index contributed by atoms with van der Waals surface area (Å²) in [6.45, 7) is 6.95. The van der Waals surface area contributed by atoms with E-state index in [4.69, 9.17) is 0 Å². The quantitative estimate of drug-likeness (QED) is 0.356. The number of aryl methyl sites for hydroxylation is 1. The Labute approximate surface area is 158 Å². The van der Waals surface area contributed by atoms with Crippen LogP contribution in [0.3, 0.4) is 0 Å².